The first-order chi connectivity index (χ1) is 13.4. The maximum atomic E-state index is 13.3. The quantitative estimate of drug-likeness (QED) is 0.762. The number of rotatable bonds is 5. The molecule has 3 rings (SSSR count). The number of carbonyl (C=O) groups excluding carboxylic acids is 2. The van der Waals surface area contributed by atoms with Crippen LogP contribution < -0.4 is 5.32 Å². The Balaban J connectivity index is 1.80. The van der Waals surface area contributed by atoms with Gasteiger partial charge in [-0.05, 0) is 57.4 Å². The SMILES string of the molecule is CCCNC(=O)C1CCCN(C(=O)c2c(C)nn(-c3ccc(Br)cc3)c2C)C1. The first kappa shape index (κ1) is 20.6. The maximum absolute atomic E-state index is 13.3. The van der Waals surface area contributed by atoms with Gasteiger partial charge in [-0.15, -0.1) is 0 Å². The molecule has 0 spiro atoms. The number of aryl methyl sites for hydroxylation is 1. The van der Waals surface area contributed by atoms with Gasteiger partial charge in [-0.1, -0.05) is 22.9 Å². The lowest BCUT2D eigenvalue weighted by molar-refractivity contribution is -0.126. The van der Waals surface area contributed by atoms with E-state index in [1.54, 1.807) is 0 Å². The van der Waals surface area contributed by atoms with E-state index >= 15 is 0 Å². The summed E-state index contributed by atoms with van der Waals surface area (Å²) in [7, 11) is 0. The lowest BCUT2D eigenvalue weighted by atomic mass is 9.96. The maximum Gasteiger partial charge on any atom is 0.257 e. The summed E-state index contributed by atoms with van der Waals surface area (Å²) in [4.78, 5) is 27.4. The molecular weight excluding hydrogens is 420 g/mol. The average molecular weight is 447 g/mol. The van der Waals surface area contributed by atoms with Gasteiger partial charge in [-0.2, -0.15) is 5.10 Å². The molecule has 150 valence electrons. The molecule has 1 atom stereocenters. The summed E-state index contributed by atoms with van der Waals surface area (Å²) >= 11 is 3.44. The van der Waals surface area contributed by atoms with Crippen molar-refractivity contribution in [3.63, 3.8) is 0 Å². The Morgan fingerprint density at radius 1 is 1.25 bits per heavy atom. The Hall–Kier alpha value is -2.15. The molecule has 1 N–H and O–H groups in total. The van der Waals surface area contributed by atoms with E-state index in [-0.39, 0.29) is 17.7 Å². The largest absolute Gasteiger partial charge is 0.356 e. The number of piperidine rings is 1. The van der Waals surface area contributed by atoms with Gasteiger partial charge in [0.05, 0.1) is 28.6 Å². The van der Waals surface area contributed by atoms with Gasteiger partial charge in [0.2, 0.25) is 5.91 Å². The molecule has 2 heterocycles. The third-order valence-corrected chi connectivity index (χ3v) is 5.73. The normalized spacial score (nSPS) is 16.9. The van der Waals surface area contributed by atoms with E-state index in [0.717, 1.165) is 35.1 Å². The average Bonchev–Trinajstić information content (AvgIpc) is 3.00. The van der Waals surface area contributed by atoms with Gasteiger partial charge in [-0.3, -0.25) is 9.59 Å². The molecule has 0 bridgehead atoms. The Morgan fingerprint density at radius 3 is 2.64 bits per heavy atom. The van der Waals surface area contributed by atoms with Gasteiger partial charge < -0.3 is 10.2 Å². The molecule has 1 aromatic heterocycles. The van der Waals surface area contributed by atoms with Crippen LogP contribution in [0.5, 0.6) is 0 Å². The van der Waals surface area contributed by atoms with Crippen LogP contribution in [0.15, 0.2) is 28.7 Å². The molecule has 2 amide bonds. The number of carbonyl (C=O) groups is 2. The van der Waals surface area contributed by atoms with Crippen LogP contribution in [0.1, 0.15) is 47.9 Å². The van der Waals surface area contributed by atoms with E-state index in [4.69, 9.17) is 0 Å². The fourth-order valence-electron chi connectivity index (χ4n) is 3.71. The molecule has 6 nitrogen and oxygen atoms in total. The van der Waals surface area contributed by atoms with Gasteiger partial charge >= 0.3 is 0 Å². The van der Waals surface area contributed by atoms with Crippen molar-refractivity contribution >= 4 is 27.7 Å². The van der Waals surface area contributed by atoms with E-state index in [0.29, 0.717) is 30.9 Å². The minimum Gasteiger partial charge on any atom is -0.356 e. The standard InChI is InChI=1S/C21H27BrN4O2/c1-4-11-23-20(27)16-6-5-12-25(13-16)21(28)19-14(2)24-26(15(19)3)18-9-7-17(22)8-10-18/h7-10,16H,4-6,11-13H2,1-3H3,(H,23,27). The molecule has 1 saturated heterocycles. The van der Waals surface area contributed by atoms with Crippen LogP contribution in [-0.2, 0) is 4.79 Å². The fraction of sp³-hybridized carbons (Fsp3) is 0.476. The molecule has 0 aliphatic carbocycles. The fourth-order valence-corrected chi connectivity index (χ4v) is 3.98. The van der Waals surface area contributed by atoms with Gasteiger partial charge in [0.1, 0.15) is 0 Å². The first-order valence-corrected chi connectivity index (χ1v) is 10.6. The van der Waals surface area contributed by atoms with E-state index < -0.39 is 0 Å². The third kappa shape index (κ3) is 4.29. The number of nitrogens with one attached hydrogen (secondary N) is 1. The monoisotopic (exact) mass is 446 g/mol. The Kier molecular flexibility index (Phi) is 6.54. The number of amides is 2. The van der Waals surface area contributed by atoms with Crippen molar-refractivity contribution < 1.29 is 9.59 Å². The lowest BCUT2D eigenvalue weighted by Gasteiger charge is -2.32. The number of benzene rings is 1. The number of hydrogen-bond acceptors (Lipinski definition) is 3. The zero-order valence-corrected chi connectivity index (χ0v) is 18.3. The van der Waals surface area contributed by atoms with Gasteiger partial charge in [-0.25, -0.2) is 4.68 Å². The zero-order chi connectivity index (χ0) is 20.3. The predicted molar refractivity (Wildman–Crippen MR) is 113 cm³/mol. The van der Waals surface area contributed by atoms with Gasteiger partial charge in [0.15, 0.2) is 0 Å². The van der Waals surface area contributed by atoms with E-state index in [1.165, 1.54) is 0 Å². The van der Waals surface area contributed by atoms with Crippen molar-refractivity contribution in [1.82, 2.24) is 20.0 Å². The number of aromatic nitrogens is 2. The van der Waals surface area contributed by atoms with E-state index in [1.807, 2.05) is 54.6 Å². The number of nitrogens with zero attached hydrogens (tertiary/aromatic N) is 3. The second-order valence-electron chi connectivity index (χ2n) is 7.32. The molecule has 28 heavy (non-hydrogen) atoms. The molecule has 1 unspecified atom stereocenters. The van der Waals surface area contributed by atoms with Crippen molar-refractivity contribution in [3.8, 4) is 5.69 Å². The van der Waals surface area contributed by atoms with Crippen LogP contribution in [-0.4, -0.2) is 46.1 Å². The van der Waals surface area contributed by atoms with Crippen LogP contribution in [0.4, 0.5) is 0 Å². The predicted octanol–water partition coefficient (Wildman–Crippen LogP) is 3.63. The van der Waals surface area contributed by atoms with Crippen LogP contribution in [0.25, 0.3) is 5.69 Å². The number of halogens is 1. The molecule has 7 heteroatoms. The van der Waals surface area contributed by atoms with Gasteiger partial charge in [0, 0.05) is 24.1 Å². The highest BCUT2D eigenvalue weighted by Crippen LogP contribution is 2.24. The summed E-state index contributed by atoms with van der Waals surface area (Å²) in [6.45, 7) is 7.65. The minimum atomic E-state index is -0.133. The van der Waals surface area contributed by atoms with Crippen molar-refractivity contribution in [3.05, 3.63) is 45.7 Å². The molecule has 2 aromatic rings. The molecular formula is C21H27BrN4O2. The van der Waals surface area contributed by atoms with Crippen molar-refractivity contribution in [1.29, 1.82) is 0 Å². The minimum absolute atomic E-state index is 0.0358. The molecule has 1 aliphatic rings. The summed E-state index contributed by atoms with van der Waals surface area (Å²) in [6.07, 6.45) is 2.58. The first-order valence-electron chi connectivity index (χ1n) is 9.81. The van der Waals surface area contributed by atoms with Crippen LogP contribution >= 0.6 is 15.9 Å². The number of hydrogen-bond donors (Lipinski definition) is 1. The third-order valence-electron chi connectivity index (χ3n) is 5.20. The van der Waals surface area contributed by atoms with Crippen LogP contribution in [0.3, 0.4) is 0 Å². The molecule has 1 aliphatic heterocycles. The van der Waals surface area contributed by atoms with Crippen molar-refractivity contribution in [2.75, 3.05) is 19.6 Å². The number of likely N-dealkylation sites (tertiary alicyclic amines) is 1. The highest BCUT2D eigenvalue weighted by atomic mass is 79.9. The summed E-state index contributed by atoms with van der Waals surface area (Å²) in [6, 6.07) is 7.84. The van der Waals surface area contributed by atoms with Crippen LogP contribution in [0.2, 0.25) is 0 Å². The van der Waals surface area contributed by atoms with Crippen molar-refractivity contribution in [2.24, 2.45) is 5.92 Å². The second-order valence-corrected chi connectivity index (χ2v) is 8.23. The molecule has 1 fully saturated rings. The molecule has 0 radical (unpaired) electrons. The van der Waals surface area contributed by atoms with Crippen LogP contribution in [0, 0.1) is 19.8 Å². The van der Waals surface area contributed by atoms with Gasteiger partial charge in [0.25, 0.3) is 5.91 Å². The Labute approximate surface area is 174 Å². The summed E-state index contributed by atoms with van der Waals surface area (Å²) < 4.78 is 2.81. The van der Waals surface area contributed by atoms with Crippen molar-refractivity contribution in [2.45, 2.75) is 40.0 Å². The molecule has 0 saturated carbocycles. The zero-order valence-electron chi connectivity index (χ0n) is 16.7. The lowest BCUT2D eigenvalue weighted by Crippen LogP contribution is -2.45. The Morgan fingerprint density at radius 2 is 1.96 bits per heavy atom. The Bertz CT molecular complexity index is 860. The second kappa shape index (κ2) is 8.90. The topological polar surface area (TPSA) is 67.2 Å². The summed E-state index contributed by atoms with van der Waals surface area (Å²) in [5.41, 5.74) is 3.08. The summed E-state index contributed by atoms with van der Waals surface area (Å²) in [5, 5.41) is 7.55. The highest BCUT2D eigenvalue weighted by Gasteiger charge is 2.31. The smallest absolute Gasteiger partial charge is 0.257 e. The molecule has 1 aromatic carbocycles. The van der Waals surface area contributed by atoms with E-state index in [9.17, 15) is 9.59 Å². The van der Waals surface area contributed by atoms with E-state index in [2.05, 4.69) is 26.3 Å². The highest BCUT2D eigenvalue weighted by molar-refractivity contribution is 9.10. The summed E-state index contributed by atoms with van der Waals surface area (Å²) in [5.74, 6) is -0.115.